The largest absolute Gasteiger partial charge is 0.462 e. The zero-order valence-electron chi connectivity index (χ0n) is 39.9. The highest BCUT2D eigenvalue weighted by Gasteiger charge is 2.16. The van der Waals surface area contributed by atoms with Gasteiger partial charge in [0.15, 0.2) is 6.10 Å². The van der Waals surface area contributed by atoms with Gasteiger partial charge in [0.25, 0.3) is 0 Å². The lowest BCUT2D eigenvalue weighted by atomic mass is 10.0. The highest BCUT2D eigenvalue weighted by Crippen LogP contribution is 2.15. The first-order valence-corrected chi connectivity index (χ1v) is 25.6. The van der Waals surface area contributed by atoms with Crippen LogP contribution in [0, 0.1) is 0 Å². The molecule has 0 spiro atoms. The third kappa shape index (κ3) is 49.6. The number of hydrogen-bond donors (Lipinski definition) is 1. The summed E-state index contributed by atoms with van der Waals surface area (Å²) in [4.78, 5) is 24.4. The molecule has 0 radical (unpaired) electrons. The molecule has 0 amide bonds. The minimum Gasteiger partial charge on any atom is -0.462 e. The van der Waals surface area contributed by atoms with E-state index in [0.717, 1.165) is 83.5 Å². The molecule has 0 heterocycles. The van der Waals surface area contributed by atoms with E-state index in [9.17, 15) is 14.7 Å². The molecule has 0 bridgehead atoms. The van der Waals surface area contributed by atoms with Gasteiger partial charge < -0.3 is 14.6 Å². The van der Waals surface area contributed by atoms with Gasteiger partial charge in [-0.05, 0) is 70.6 Å². The summed E-state index contributed by atoms with van der Waals surface area (Å²) in [5, 5.41) is 9.60. The summed E-state index contributed by atoms with van der Waals surface area (Å²) in [5.41, 5.74) is 0. The van der Waals surface area contributed by atoms with Gasteiger partial charge in [-0.3, -0.25) is 9.59 Å². The molecule has 0 aliphatic carbocycles. The number of carbonyl (C=O) groups excluding carboxylic acids is 2. The van der Waals surface area contributed by atoms with Gasteiger partial charge in [0.2, 0.25) is 0 Å². The Morgan fingerprint density at radius 3 is 1.07 bits per heavy atom. The van der Waals surface area contributed by atoms with Crippen molar-refractivity contribution in [1.82, 2.24) is 0 Å². The Balaban J connectivity index is 3.51. The van der Waals surface area contributed by atoms with Crippen molar-refractivity contribution < 1.29 is 24.2 Å². The molecule has 1 N–H and O–H groups in total. The van der Waals surface area contributed by atoms with E-state index < -0.39 is 6.10 Å². The fourth-order valence-corrected chi connectivity index (χ4v) is 7.12. The van der Waals surface area contributed by atoms with Gasteiger partial charge in [0.1, 0.15) is 6.61 Å². The molecule has 61 heavy (non-hydrogen) atoms. The highest BCUT2D eigenvalue weighted by molar-refractivity contribution is 5.70. The number of esters is 2. The van der Waals surface area contributed by atoms with Crippen molar-refractivity contribution in [3.05, 3.63) is 85.1 Å². The van der Waals surface area contributed by atoms with Crippen molar-refractivity contribution in [3.8, 4) is 0 Å². The molecule has 0 aromatic rings. The third-order valence-electron chi connectivity index (χ3n) is 11.0. The first-order valence-electron chi connectivity index (χ1n) is 25.6. The number of rotatable bonds is 46. The molecule has 0 aromatic heterocycles. The molecule has 5 heteroatoms. The fourth-order valence-electron chi connectivity index (χ4n) is 7.12. The molecule has 1 unspecified atom stereocenters. The van der Waals surface area contributed by atoms with Gasteiger partial charge in [-0.1, -0.05) is 240 Å². The zero-order chi connectivity index (χ0) is 44.2. The number of carbonyl (C=O) groups is 2. The quantitative estimate of drug-likeness (QED) is 0.0375. The van der Waals surface area contributed by atoms with Crippen molar-refractivity contribution in [2.75, 3.05) is 13.2 Å². The first kappa shape index (κ1) is 58.1. The molecule has 0 saturated heterocycles. The molecule has 0 fully saturated rings. The van der Waals surface area contributed by atoms with E-state index in [4.69, 9.17) is 9.47 Å². The first-order chi connectivity index (χ1) is 30.1. The van der Waals surface area contributed by atoms with Gasteiger partial charge in [0.05, 0.1) is 6.61 Å². The molecule has 0 aliphatic heterocycles. The minimum absolute atomic E-state index is 0.0657. The van der Waals surface area contributed by atoms with E-state index in [-0.39, 0.29) is 25.2 Å². The van der Waals surface area contributed by atoms with E-state index in [0.29, 0.717) is 12.8 Å². The number of aliphatic hydroxyl groups excluding tert-OH is 1. The molecular formula is C56H96O5. The van der Waals surface area contributed by atoms with Crippen LogP contribution >= 0.6 is 0 Å². The summed E-state index contributed by atoms with van der Waals surface area (Å²) in [6.07, 6.45) is 71.1. The van der Waals surface area contributed by atoms with Crippen molar-refractivity contribution in [2.45, 2.75) is 245 Å². The van der Waals surface area contributed by atoms with Crippen LogP contribution in [0.25, 0.3) is 0 Å². The number of hydrogen-bond acceptors (Lipinski definition) is 5. The molecule has 1 atom stereocenters. The van der Waals surface area contributed by atoms with Crippen LogP contribution in [-0.4, -0.2) is 36.4 Å². The van der Waals surface area contributed by atoms with Gasteiger partial charge in [0, 0.05) is 12.8 Å². The van der Waals surface area contributed by atoms with Crippen molar-refractivity contribution in [1.29, 1.82) is 0 Å². The van der Waals surface area contributed by atoms with Gasteiger partial charge in [-0.25, -0.2) is 0 Å². The van der Waals surface area contributed by atoms with Crippen molar-refractivity contribution >= 4 is 11.9 Å². The summed E-state index contributed by atoms with van der Waals surface area (Å²) in [6, 6.07) is 0. The van der Waals surface area contributed by atoms with Crippen molar-refractivity contribution in [3.63, 3.8) is 0 Å². The van der Waals surface area contributed by atoms with E-state index in [1.807, 2.05) is 0 Å². The van der Waals surface area contributed by atoms with Crippen LogP contribution in [0.15, 0.2) is 85.1 Å². The molecule has 350 valence electrons. The maximum atomic E-state index is 12.2. The summed E-state index contributed by atoms with van der Waals surface area (Å²) < 4.78 is 10.6. The molecule has 0 saturated carbocycles. The Labute approximate surface area is 377 Å². The van der Waals surface area contributed by atoms with Gasteiger partial charge in [-0.15, -0.1) is 0 Å². The SMILES string of the molecule is CC/C=C\C/C=C\C/C=C\C/C=C\C/C=C\C/C=C\C/C=C\CCCCCCCCCCCCCCCC(=O)OC(CO)COC(=O)CCCCCCCCCCCCCC. The molecule has 5 nitrogen and oxygen atoms in total. The predicted octanol–water partition coefficient (Wildman–Crippen LogP) is 17.0. The Morgan fingerprint density at radius 1 is 0.393 bits per heavy atom. The highest BCUT2D eigenvalue weighted by atomic mass is 16.6. The van der Waals surface area contributed by atoms with Crippen LogP contribution in [0.5, 0.6) is 0 Å². The standard InChI is InChI=1S/C56H96O5/c1-3-5-7-9-11-13-15-17-18-19-20-21-22-23-24-25-26-27-28-29-30-31-32-33-34-35-36-37-38-39-41-43-45-47-49-51-56(59)61-54(52-57)53-60-55(58)50-48-46-44-42-40-16-14-12-10-8-6-4-2/h5,7,11,13,17-18,20-21,23-24,26-27,29-30,54,57H,3-4,6,8-10,12,14-16,19,22,25,28,31-53H2,1-2H3/b7-5-,13-11-,18-17-,21-20-,24-23-,27-26-,30-29-. The second kappa shape index (κ2) is 51.4. The van der Waals surface area contributed by atoms with Crippen LogP contribution < -0.4 is 0 Å². The van der Waals surface area contributed by atoms with Crippen LogP contribution in [0.1, 0.15) is 239 Å². The lowest BCUT2D eigenvalue weighted by Crippen LogP contribution is -2.28. The normalized spacial score (nSPS) is 12.9. The molecule has 0 aromatic carbocycles. The van der Waals surface area contributed by atoms with Crippen molar-refractivity contribution in [2.24, 2.45) is 0 Å². The molecular weight excluding hydrogens is 753 g/mol. The summed E-state index contributed by atoms with van der Waals surface area (Å²) in [7, 11) is 0. The van der Waals surface area contributed by atoms with Crippen LogP contribution in [0.3, 0.4) is 0 Å². The second-order valence-electron chi connectivity index (χ2n) is 16.9. The fraction of sp³-hybridized carbons (Fsp3) is 0.714. The van der Waals surface area contributed by atoms with E-state index in [1.165, 1.54) is 128 Å². The Bertz CT molecular complexity index is 1140. The number of ether oxygens (including phenoxy) is 2. The Hall–Kier alpha value is -2.92. The van der Waals surface area contributed by atoms with Crippen LogP contribution in [-0.2, 0) is 19.1 Å². The maximum Gasteiger partial charge on any atom is 0.306 e. The monoisotopic (exact) mass is 849 g/mol. The predicted molar refractivity (Wildman–Crippen MR) is 265 cm³/mol. The van der Waals surface area contributed by atoms with Gasteiger partial charge >= 0.3 is 11.9 Å². The maximum absolute atomic E-state index is 12.2. The van der Waals surface area contributed by atoms with Crippen LogP contribution in [0.2, 0.25) is 0 Å². The van der Waals surface area contributed by atoms with Crippen LogP contribution in [0.4, 0.5) is 0 Å². The summed E-state index contributed by atoms with van der Waals surface area (Å²) >= 11 is 0. The lowest BCUT2D eigenvalue weighted by Gasteiger charge is -2.15. The zero-order valence-corrected chi connectivity index (χ0v) is 39.9. The topological polar surface area (TPSA) is 72.8 Å². The summed E-state index contributed by atoms with van der Waals surface area (Å²) in [6.45, 7) is 4.03. The second-order valence-corrected chi connectivity index (χ2v) is 16.9. The lowest BCUT2D eigenvalue weighted by molar-refractivity contribution is -0.161. The average molecular weight is 849 g/mol. The Morgan fingerprint density at radius 2 is 0.705 bits per heavy atom. The van der Waals surface area contributed by atoms with Gasteiger partial charge in [-0.2, -0.15) is 0 Å². The third-order valence-corrected chi connectivity index (χ3v) is 11.0. The molecule has 0 rings (SSSR count). The minimum atomic E-state index is -0.773. The van der Waals surface area contributed by atoms with E-state index in [2.05, 4.69) is 98.9 Å². The smallest absolute Gasteiger partial charge is 0.306 e. The number of allylic oxidation sites excluding steroid dienone is 14. The average Bonchev–Trinajstić information content (AvgIpc) is 3.26. The molecule has 0 aliphatic rings. The number of unbranched alkanes of at least 4 members (excludes halogenated alkanes) is 24. The van der Waals surface area contributed by atoms with E-state index in [1.54, 1.807) is 0 Å². The van der Waals surface area contributed by atoms with E-state index >= 15 is 0 Å². The summed E-state index contributed by atoms with van der Waals surface area (Å²) in [5.74, 6) is -0.589. The Kier molecular flexibility index (Phi) is 49.0. The number of aliphatic hydroxyl groups is 1.